The Balaban J connectivity index is 1.59. The molecule has 0 saturated carbocycles. The van der Waals surface area contributed by atoms with E-state index in [0.717, 1.165) is 43.8 Å². The highest BCUT2D eigenvalue weighted by Gasteiger charge is 2.21. The van der Waals surface area contributed by atoms with Gasteiger partial charge in [0, 0.05) is 45.0 Å². The SMILES string of the molecule is CCN1CCN([C@@H](C)CNC(=O)c2cnc3onc(C(C)C)c3c2)CC1. The molecule has 1 aliphatic rings. The number of carbonyl (C=O) groups is 1. The van der Waals surface area contributed by atoms with E-state index >= 15 is 0 Å². The number of piperazine rings is 1. The van der Waals surface area contributed by atoms with Crippen molar-refractivity contribution in [2.75, 3.05) is 39.3 Å². The third-order valence-electron chi connectivity index (χ3n) is 5.20. The molecule has 2 aromatic rings. The third kappa shape index (κ3) is 4.04. The van der Waals surface area contributed by atoms with E-state index in [1.807, 2.05) is 19.9 Å². The Morgan fingerprint density at radius 3 is 2.65 bits per heavy atom. The summed E-state index contributed by atoms with van der Waals surface area (Å²) in [6.45, 7) is 14.5. The van der Waals surface area contributed by atoms with E-state index in [1.54, 1.807) is 6.20 Å². The van der Waals surface area contributed by atoms with Gasteiger partial charge in [-0.25, -0.2) is 4.98 Å². The van der Waals surface area contributed by atoms with Gasteiger partial charge in [0.15, 0.2) is 0 Å². The largest absolute Gasteiger partial charge is 0.350 e. The summed E-state index contributed by atoms with van der Waals surface area (Å²) in [6.07, 6.45) is 1.55. The van der Waals surface area contributed by atoms with Crippen molar-refractivity contribution in [1.82, 2.24) is 25.3 Å². The molecule has 1 amide bonds. The van der Waals surface area contributed by atoms with Gasteiger partial charge < -0.3 is 14.7 Å². The lowest BCUT2D eigenvalue weighted by atomic mass is 10.1. The first kappa shape index (κ1) is 18.8. The van der Waals surface area contributed by atoms with Crippen LogP contribution in [-0.4, -0.2) is 71.2 Å². The molecule has 1 N–H and O–H groups in total. The van der Waals surface area contributed by atoms with Crippen LogP contribution in [0.25, 0.3) is 11.1 Å². The van der Waals surface area contributed by atoms with Crippen LogP contribution in [0.3, 0.4) is 0 Å². The number of nitrogens with zero attached hydrogens (tertiary/aromatic N) is 4. The fourth-order valence-corrected chi connectivity index (χ4v) is 3.38. The lowest BCUT2D eigenvalue weighted by Crippen LogP contribution is -2.52. The summed E-state index contributed by atoms with van der Waals surface area (Å²) in [5.74, 6) is 0.118. The smallest absolute Gasteiger partial charge is 0.257 e. The van der Waals surface area contributed by atoms with Crippen molar-refractivity contribution in [3.8, 4) is 0 Å². The predicted octanol–water partition coefficient (Wildman–Crippen LogP) is 2.10. The molecule has 7 nitrogen and oxygen atoms in total. The number of amides is 1. The van der Waals surface area contributed by atoms with Gasteiger partial charge in [0.25, 0.3) is 11.6 Å². The summed E-state index contributed by atoms with van der Waals surface area (Å²) < 4.78 is 5.24. The minimum atomic E-state index is -0.102. The van der Waals surface area contributed by atoms with E-state index in [1.165, 1.54) is 0 Å². The molecule has 1 fully saturated rings. The maximum atomic E-state index is 12.5. The van der Waals surface area contributed by atoms with Crippen molar-refractivity contribution in [3.05, 3.63) is 23.5 Å². The number of hydrogen-bond acceptors (Lipinski definition) is 6. The average molecular weight is 359 g/mol. The standard InChI is InChI=1S/C19H29N5O2/c1-5-23-6-8-24(9-7-23)14(4)11-20-18(25)15-10-16-17(13(2)3)22-26-19(16)21-12-15/h10,12-14H,5-9,11H2,1-4H3,(H,20,25)/t14-/m0/s1. The summed E-state index contributed by atoms with van der Waals surface area (Å²) in [5.41, 5.74) is 1.86. The van der Waals surface area contributed by atoms with E-state index in [2.05, 4.69) is 39.1 Å². The molecular formula is C19H29N5O2. The van der Waals surface area contributed by atoms with Crippen LogP contribution in [0.15, 0.2) is 16.8 Å². The molecule has 7 heteroatoms. The molecule has 0 aromatic carbocycles. The quantitative estimate of drug-likeness (QED) is 0.851. The molecule has 0 radical (unpaired) electrons. The number of rotatable bonds is 6. The van der Waals surface area contributed by atoms with Gasteiger partial charge in [-0.15, -0.1) is 0 Å². The second kappa shape index (κ2) is 8.14. The van der Waals surface area contributed by atoms with E-state index in [9.17, 15) is 4.79 Å². The van der Waals surface area contributed by atoms with Crippen LogP contribution in [0.1, 0.15) is 49.7 Å². The van der Waals surface area contributed by atoms with Crippen molar-refractivity contribution in [1.29, 1.82) is 0 Å². The minimum absolute atomic E-state index is 0.102. The Morgan fingerprint density at radius 1 is 1.27 bits per heavy atom. The highest BCUT2D eigenvalue weighted by Crippen LogP contribution is 2.24. The topological polar surface area (TPSA) is 74.5 Å². The van der Waals surface area contributed by atoms with Crippen molar-refractivity contribution in [3.63, 3.8) is 0 Å². The Morgan fingerprint density at radius 2 is 2.00 bits per heavy atom. The molecule has 0 bridgehead atoms. The molecule has 2 aromatic heterocycles. The van der Waals surface area contributed by atoms with E-state index in [0.29, 0.717) is 23.9 Å². The van der Waals surface area contributed by atoms with Gasteiger partial charge in [0.05, 0.1) is 16.6 Å². The van der Waals surface area contributed by atoms with Crippen molar-refractivity contribution >= 4 is 17.0 Å². The summed E-state index contributed by atoms with van der Waals surface area (Å²) >= 11 is 0. The first-order chi connectivity index (χ1) is 12.5. The van der Waals surface area contributed by atoms with E-state index in [-0.39, 0.29) is 11.8 Å². The van der Waals surface area contributed by atoms with E-state index < -0.39 is 0 Å². The number of aromatic nitrogens is 2. The molecule has 3 heterocycles. The lowest BCUT2D eigenvalue weighted by Gasteiger charge is -2.37. The lowest BCUT2D eigenvalue weighted by molar-refractivity contribution is 0.0882. The monoisotopic (exact) mass is 359 g/mol. The maximum absolute atomic E-state index is 12.5. The molecule has 1 atom stereocenters. The van der Waals surface area contributed by atoms with Crippen molar-refractivity contribution < 1.29 is 9.32 Å². The minimum Gasteiger partial charge on any atom is -0.350 e. The van der Waals surface area contributed by atoms with Gasteiger partial charge in [0.1, 0.15) is 0 Å². The van der Waals surface area contributed by atoms with Crippen LogP contribution < -0.4 is 5.32 Å². The Hall–Kier alpha value is -1.99. The molecule has 26 heavy (non-hydrogen) atoms. The maximum Gasteiger partial charge on any atom is 0.257 e. The summed E-state index contributed by atoms with van der Waals surface area (Å²) in [6, 6.07) is 2.14. The fourth-order valence-electron chi connectivity index (χ4n) is 3.38. The van der Waals surface area contributed by atoms with Gasteiger partial charge in [-0.3, -0.25) is 9.69 Å². The van der Waals surface area contributed by atoms with Gasteiger partial charge in [-0.2, -0.15) is 0 Å². The van der Waals surface area contributed by atoms with Gasteiger partial charge >= 0.3 is 0 Å². The van der Waals surface area contributed by atoms with Crippen molar-refractivity contribution in [2.24, 2.45) is 0 Å². The molecule has 1 saturated heterocycles. The molecular weight excluding hydrogens is 330 g/mol. The van der Waals surface area contributed by atoms with Gasteiger partial charge in [-0.05, 0) is 25.5 Å². The van der Waals surface area contributed by atoms with Crippen LogP contribution in [0.2, 0.25) is 0 Å². The zero-order valence-electron chi connectivity index (χ0n) is 16.2. The zero-order chi connectivity index (χ0) is 18.7. The number of likely N-dealkylation sites (N-methyl/N-ethyl adjacent to an activating group) is 1. The Bertz CT molecular complexity index is 749. The van der Waals surface area contributed by atoms with Crippen LogP contribution in [-0.2, 0) is 0 Å². The molecule has 0 spiro atoms. The van der Waals surface area contributed by atoms with E-state index in [4.69, 9.17) is 4.52 Å². The summed E-state index contributed by atoms with van der Waals surface area (Å²) in [4.78, 5) is 21.7. The highest BCUT2D eigenvalue weighted by molar-refractivity contribution is 5.97. The first-order valence-electron chi connectivity index (χ1n) is 9.49. The summed E-state index contributed by atoms with van der Waals surface area (Å²) in [7, 11) is 0. The second-order valence-electron chi connectivity index (χ2n) is 7.33. The number of fused-ring (bicyclic) bond motifs is 1. The first-order valence-corrected chi connectivity index (χ1v) is 9.49. The number of hydrogen-bond donors (Lipinski definition) is 1. The number of carbonyl (C=O) groups excluding carboxylic acids is 1. The van der Waals surface area contributed by atoms with Crippen LogP contribution in [0.4, 0.5) is 0 Å². The molecule has 3 rings (SSSR count). The van der Waals surface area contributed by atoms with Crippen LogP contribution in [0, 0.1) is 0 Å². The zero-order valence-corrected chi connectivity index (χ0v) is 16.2. The Kier molecular flexibility index (Phi) is 5.88. The number of pyridine rings is 1. The third-order valence-corrected chi connectivity index (χ3v) is 5.20. The number of nitrogens with one attached hydrogen (secondary N) is 1. The second-order valence-corrected chi connectivity index (χ2v) is 7.33. The average Bonchev–Trinajstić information content (AvgIpc) is 3.09. The summed E-state index contributed by atoms with van der Waals surface area (Å²) in [5, 5.41) is 7.92. The molecule has 0 aliphatic carbocycles. The van der Waals surface area contributed by atoms with Crippen molar-refractivity contribution in [2.45, 2.75) is 39.7 Å². The molecule has 1 aliphatic heterocycles. The Labute approximate surface area is 154 Å². The van der Waals surface area contributed by atoms with Gasteiger partial charge in [0.2, 0.25) is 0 Å². The predicted molar refractivity (Wildman–Crippen MR) is 101 cm³/mol. The highest BCUT2D eigenvalue weighted by atomic mass is 16.5. The van der Waals surface area contributed by atoms with Crippen LogP contribution >= 0.6 is 0 Å². The van der Waals surface area contributed by atoms with Gasteiger partial charge in [-0.1, -0.05) is 25.9 Å². The molecule has 0 unspecified atom stereocenters. The normalized spacial score (nSPS) is 17.7. The van der Waals surface area contributed by atoms with Crippen LogP contribution in [0.5, 0.6) is 0 Å². The molecule has 142 valence electrons. The fraction of sp³-hybridized carbons (Fsp3) is 0.632.